The average Bonchev–Trinajstić information content (AvgIpc) is 2.50. The van der Waals surface area contributed by atoms with E-state index >= 15 is 0 Å². The summed E-state index contributed by atoms with van der Waals surface area (Å²) in [5, 5.41) is 9.37. The maximum atomic E-state index is 9.37. The van der Waals surface area contributed by atoms with Crippen molar-refractivity contribution in [2.45, 2.75) is 38.3 Å². The Morgan fingerprint density at radius 3 is 2.55 bits per heavy atom. The number of allylic oxidation sites excluding steroid dienone is 1. The molecule has 2 atom stereocenters. The van der Waals surface area contributed by atoms with Crippen molar-refractivity contribution in [1.29, 1.82) is 0 Å². The molecular formula is C17H24O3. The summed E-state index contributed by atoms with van der Waals surface area (Å²) in [6.07, 6.45) is 4.51. The Labute approximate surface area is 121 Å². The topological polar surface area (TPSA) is 38.7 Å². The van der Waals surface area contributed by atoms with E-state index in [-0.39, 0.29) is 6.61 Å². The van der Waals surface area contributed by atoms with Gasteiger partial charge in [0.1, 0.15) is 5.60 Å². The third kappa shape index (κ3) is 5.70. The maximum absolute atomic E-state index is 9.37. The van der Waals surface area contributed by atoms with Gasteiger partial charge < -0.3 is 14.6 Å². The molecule has 0 heterocycles. The normalized spacial score (nSPS) is 15.3. The predicted octanol–water partition coefficient (Wildman–Crippen LogP) is 3.45. The van der Waals surface area contributed by atoms with Crippen LogP contribution in [-0.2, 0) is 16.1 Å². The van der Waals surface area contributed by atoms with Crippen LogP contribution in [0.15, 0.2) is 55.6 Å². The highest BCUT2D eigenvalue weighted by Gasteiger charge is 2.25. The van der Waals surface area contributed by atoms with Crippen molar-refractivity contribution in [1.82, 2.24) is 0 Å². The quantitative estimate of drug-likeness (QED) is 0.525. The van der Waals surface area contributed by atoms with Crippen LogP contribution in [0.4, 0.5) is 0 Å². The first-order valence-electron chi connectivity index (χ1n) is 6.82. The molecule has 110 valence electrons. The van der Waals surface area contributed by atoms with Crippen LogP contribution in [0.5, 0.6) is 0 Å². The van der Waals surface area contributed by atoms with Gasteiger partial charge in [0.25, 0.3) is 0 Å². The molecule has 0 radical (unpaired) electrons. The highest BCUT2D eigenvalue weighted by molar-refractivity contribution is 5.13. The number of ether oxygens (including phenoxy) is 2. The zero-order valence-electron chi connectivity index (χ0n) is 12.1. The molecule has 1 aromatic rings. The van der Waals surface area contributed by atoms with E-state index in [0.29, 0.717) is 13.0 Å². The number of aliphatic hydroxyl groups excluding tert-OH is 1. The molecule has 0 aliphatic heterocycles. The second-order valence-electron chi connectivity index (χ2n) is 4.88. The highest BCUT2D eigenvalue weighted by atomic mass is 16.7. The zero-order chi connectivity index (χ0) is 14.8. The summed E-state index contributed by atoms with van der Waals surface area (Å²) in [5.74, 6) is 0. The fourth-order valence-electron chi connectivity index (χ4n) is 1.64. The van der Waals surface area contributed by atoms with Gasteiger partial charge in [-0.3, -0.25) is 0 Å². The van der Waals surface area contributed by atoms with E-state index in [4.69, 9.17) is 9.47 Å². The van der Waals surface area contributed by atoms with Gasteiger partial charge in [0.15, 0.2) is 6.29 Å². The summed E-state index contributed by atoms with van der Waals surface area (Å²) in [4.78, 5) is 0. The van der Waals surface area contributed by atoms with Crippen molar-refractivity contribution >= 4 is 0 Å². The minimum absolute atomic E-state index is 0.129. The second kappa shape index (κ2) is 8.69. The van der Waals surface area contributed by atoms with E-state index in [2.05, 4.69) is 13.2 Å². The minimum atomic E-state index is -0.789. The minimum Gasteiger partial charge on any atom is -0.393 e. The lowest BCUT2D eigenvalue weighted by Gasteiger charge is -2.29. The summed E-state index contributed by atoms with van der Waals surface area (Å²) in [5.41, 5.74) is 0.298. The molecule has 0 bridgehead atoms. The van der Waals surface area contributed by atoms with Gasteiger partial charge in [-0.1, -0.05) is 42.5 Å². The Balaban J connectivity index is 2.59. The van der Waals surface area contributed by atoms with Crippen LogP contribution in [0.2, 0.25) is 0 Å². The second-order valence-corrected chi connectivity index (χ2v) is 4.88. The van der Waals surface area contributed by atoms with Gasteiger partial charge >= 0.3 is 0 Å². The molecule has 0 amide bonds. The summed E-state index contributed by atoms with van der Waals surface area (Å²) >= 11 is 0. The molecule has 0 saturated heterocycles. The van der Waals surface area contributed by atoms with Crippen molar-refractivity contribution in [3.05, 3.63) is 61.2 Å². The molecule has 0 aromatic heterocycles. The summed E-state index contributed by atoms with van der Waals surface area (Å²) in [6.45, 7) is 9.53. The first kappa shape index (κ1) is 16.6. The fraction of sp³-hybridized carbons (Fsp3) is 0.412. The molecule has 20 heavy (non-hydrogen) atoms. The molecule has 0 aliphatic rings. The SMILES string of the molecule is C=CCCC(OCc1ccccc1)OC(C)(C=C)CO. The average molecular weight is 276 g/mol. The Hall–Kier alpha value is -1.42. The Morgan fingerprint density at radius 1 is 1.30 bits per heavy atom. The van der Waals surface area contributed by atoms with Crippen molar-refractivity contribution in [2.24, 2.45) is 0 Å². The molecule has 2 unspecified atom stereocenters. The van der Waals surface area contributed by atoms with Crippen LogP contribution in [0.25, 0.3) is 0 Å². The van der Waals surface area contributed by atoms with Crippen LogP contribution < -0.4 is 0 Å². The Morgan fingerprint density at radius 2 is 2.00 bits per heavy atom. The first-order chi connectivity index (χ1) is 9.63. The van der Waals surface area contributed by atoms with E-state index in [0.717, 1.165) is 12.0 Å². The Bertz CT molecular complexity index is 402. The summed E-state index contributed by atoms with van der Waals surface area (Å²) < 4.78 is 11.6. The fourth-order valence-corrected chi connectivity index (χ4v) is 1.64. The van der Waals surface area contributed by atoms with Crippen molar-refractivity contribution in [3.63, 3.8) is 0 Å². The number of rotatable bonds is 10. The molecule has 0 saturated carbocycles. The molecule has 1 rings (SSSR count). The van der Waals surface area contributed by atoms with Gasteiger partial charge in [-0.2, -0.15) is 0 Å². The van der Waals surface area contributed by atoms with Crippen LogP contribution in [-0.4, -0.2) is 23.6 Å². The van der Waals surface area contributed by atoms with Gasteiger partial charge in [-0.05, 0) is 18.9 Å². The molecule has 1 aromatic carbocycles. The monoisotopic (exact) mass is 276 g/mol. The highest BCUT2D eigenvalue weighted by Crippen LogP contribution is 2.19. The van der Waals surface area contributed by atoms with Gasteiger partial charge in [-0.25, -0.2) is 0 Å². The van der Waals surface area contributed by atoms with E-state index in [1.165, 1.54) is 0 Å². The molecule has 3 heteroatoms. The predicted molar refractivity (Wildman–Crippen MR) is 81.2 cm³/mol. The molecule has 0 fully saturated rings. The number of hydrogen-bond donors (Lipinski definition) is 1. The summed E-state index contributed by atoms with van der Waals surface area (Å²) in [6, 6.07) is 9.92. The Kier molecular flexibility index (Phi) is 7.23. The van der Waals surface area contributed by atoms with Crippen molar-refractivity contribution < 1.29 is 14.6 Å². The van der Waals surface area contributed by atoms with Crippen LogP contribution in [0.3, 0.4) is 0 Å². The van der Waals surface area contributed by atoms with Crippen LogP contribution >= 0.6 is 0 Å². The molecule has 0 aliphatic carbocycles. The standard InChI is InChI=1S/C17H24O3/c1-4-6-12-16(20-17(3,5-2)14-18)19-13-15-10-8-7-9-11-15/h4-5,7-11,16,18H,1-2,6,12-14H2,3H3. The van der Waals surface area contributed by atoms with E-state index in [9.17, 15) is 5.11 Å². The third-order valence-electron chi connectivity index (χ3n) is 3.03. The smallest absolute Gasteiger partial charge is 0.159 e. The van der Waals surface area contributed by atoms with Crippen LogP contribution in [0, 0.1) is 0 Å². The number of benzene rings is 1. The third-order valence-corrected chi connectivity index (χ3v) is 3.03. The van der Waals surface area contributed by atoms with Gasteiger partial charge in [0, 0.05) is 6.42 Å². The molecule has 0 spiro atoms. The largest absolute Gasteiger partial charge is 0.393 e. The molecule has 3 nitrogen and oxygen atoms in total. The van der Waals surface area contributed by atoms with Gasteiger partial charge in [0.2, 0.25) is 0 Å². The van der Waals surface area contributed by atoms with Gasteiger partial charge in [0.05, 0.1) is 13.2 Å². The maximum Gasteiger partial charge on any atom is 0.159 e. The number of hydrogen-bond acceptors (Lipinski definition) is 3. The van der Waals surface area contributed by atoms with Gasteiger partial charge in [-0.15, -0.1) is 13.2 Å². The van der Waals surface area contributed by atoms with E-state index in [1.807, 2.05) is 36.4 Å². The lowest BCUT2D eigenvalue weighted by Crippen LogP contribution is -2.36. The molecule has 1 N–H and O–H groups in total. The zero-order valence-corrected chi connectivity index (χ0v) is 12.1. The summed E-state index contributed by atoms with van der Waals surface area (Å²) in [7, 11) is 0. The van der Waals surface area contributed by atoms with Crippen molar-refractivity contribution in [3.8, 4) is 0 Å². The first-order valence-corrected chi connectivity index (χ1v) is 6.82. The van der Waals surface area contributed by atoms with Crippen LogP contribution in [0.1, 0.15) is 25.3 Å². The van der Waals surface area contributed by atoms with E-state index in [1.54, 1.807) is 13.0 Å². The lowest BCUT2D eigenvalue weighted by molar-refractivity contribution is -0.207. The lowest BCUT2D eigenvalue weighted by atomic mass is 10.1. The van der Waals surface area contributed by atoms with E-state index < -0.39 is 11.9 Å². The number of aliphatic hydroxyl groups is 1. The molecular weight excluding hydrogens is 252 g/mol. The van der Waals surface area contributed by atoms with Crippen molar-refractivity contribution in [2.75, 3.05) is 6.61 Å².